The van der Waals surface area contributed by atoms with E-state index in [0.29, 0.717) is 0 Å². The molecule has 0 fully saturated rings. The first-order chi connectivity index (χ1) is 32.8. The highest BCUT2D eigenvalue weighted by molar-refractivity contribution is 7.03. The second-order valence-corrected chi connectivity index (χ2v) is 23.9. The highest BCUT2D eigenvalue weighted by Gasteiger charge is 2.46. The zero-order valence-electron chi connectivity index (χ0n) is 42.7. The van der Waals surface area contributed by atoms with Gasteiger partial charge < -0.3 is 9.80 Å². The lowest BCUT2D eigenvalue weighted by Crippen LogP contribution is -2.61. The van der Waals surface area contributed by atoms with E-state index >= 15 is 0 Å². The van der Waals surface area contributed by atoms with E-state index < -0.39 is 0 Å². The molecule has 9 aromatic rings. The molecule has 3 heteroatoms. The normalized spacial score (nSPS) is 13.7. The second-order valence-electron chi connectivity index (χ2n) is 23.9. The number of rotatable bonds is 4. The van der Waals surface area contributed by atoms with Crippen LogP contribution in [0.15, 0.2) is 176 Å². The van der Waals surface area contributed by atoms with Crippen molar-refractivity contribution < 1.29 is 0 Å². The lowest BCUT2D eigenvalue weighted by molar-refractivity contribution is 0.568. The van der Waals surface area contributed by atoms with Gasteiger partial charge >= 0.3 is 0 Å². The van der Waals surface area contributed by atoms with Gasteiger partial charge in [-0.3, -0.25) is 0 Å². The third-order valence-corrected chi connectivity index (χ3v) is 15.0. The van der Waals surface area contributed by atoms with Crippen molar-refractivity contribution in [1.82, 2.24) is 0 Å². The van der Waals surface area contributed by atoms with Crippen LogP contribution in [0.4, 0.5) is 34.1 Å². The Bertz CT molecular complexity index is 3240. The predicted molar refractivity (Wildman–Crippen MR) is 301 cm³/mol. The van der Waals surface area contributed by atoms with Crippen molar-refractivity contribution >= 4 is 78.8 Å². The van der Waals surface area contributed by atoms with Crippen LogP contribution in [0, 0.1) is 0 Å². The molecule has 69 heavy (non-hydrogen) atoms. The van der Waals surface area contributed by atoms with Crippen LogP contribution in [0.3, 0.4) is 0 Å². The van der Waals surface area contributed by atoms with Gasteiger partial charge in [0.15, 0.2) is 0 Å². The predicted octanol–water partition coefficient (Wildman–Crippen LogP) is 16.6. The lowest BCUT2D eigenvalue weighted by Gasteiger charge is -2.46. The topological polar surface area (TPSA) is 6.48 Å². The fourth-order valence-electron chi connectivity index (χ4n) is 11.1. The Labute approximate surface area is 411 Å². The maximum absolute atomic E-state index is 2.65. The SMILES string of the molecule is CC(C)(C)c1cc(N2c3cc(-c4ccccc4-c4ccccc4)cc4c3B(c3c2ccc2ccccc32)c2c(ccc3ccccc23)N4c2cc(C(C)(C)C)cc(C(C)(C)C)c2)cc(C(C)(C)C)c1. The summed E-state index contributed by atoms with van der Waals surface area (Å²) in [6, 6.07) is 67.6. The standard InChI is InChI=1S/C66H65BN2/c1-63(2,3)46-36-47(64(4,5)6)39-50(38-46)68-56-32-30-43-24-16-18-28-54(43)60(56)67-61-55-29-19-17-25-44(55)31-33-57(61)69(51-40-48(65(7,8)9)37-49(41-51)66(10,11)12)59-35-45(34-58(68)62(59)67)53-27-21-20-26-52(53)42-22-14-13-15-23-42/h13-41H,1-12H3. The molecule has 11 rings (SSSR count). The van der Waals surface area contributed by atoms with E-state index in [-0.39, 0.29) is 28.4 Å². The Kier molecular flexibility index (Phi) is 10.3. The maximum Gasteiger partial charge on any atom is 0.253 e. The number of fused-ring (bicyclic) bond motifs is 8. The lowest BCUT2D eigenvalue weighted by atomic mass is 9.32. The summed E-state index contributed by atoms with van der Waals surface area (Å²) in [5.74, 6) is 0. The largest absolute Gasteiger partial charge is 0.311 e. The second kappa shape index (κ2) is 15.9. The van der Waals surface area contributed by atoms with E-state index in [4.69, 9.17) is 0 Å². The molecular formula is C66H65BN2. The van der Waals surface area contributed by atoms with E-state index in [2.05, 4.69) is 269 Å². The van der Waals surface area contributed by atoms with Gasteiger partial charge in [-0.15, -0.1) is 0 Å². The smallest absolute Gasteiger partial charge is 0.253 e. The van der Waals surface area contributed by atoms with E-state index in [1.165, 1.54) is 117 Å². The minimum atomic E-state index is -0.0755. The van der Waals surface area contributed by atoms with Gasteiger partial charge in [-0.2, -0.15) is 0 Å². The minimum absolute atomic E-state index is 0.0658. The van der Waals surface area contributed by atoms with Crippen molar-refractivity contribution in [3.05, 3.63) is 198 Å². The first-order valence-electron chi connectivity index (χ1n) is 25.0. The summed E-state index contributed by atoms with van der Waals surface area (Å²) in [4.78, 5) is 5.30. The Morgan fingerprint density at radius 1 is 0.304 bits per heavy atom. The van der Waals surface area contributed by atoms with Gasteiger partial charge in [0.2, 0.25) is 0 Å². The van der Waals surface area contributed by atoms with Crippen LogP contribution in [0.25, 0.3) is 43.8 Å². The van der Waals surface area contributed by atoms with Crippen molar-refractivity contribution in [2.75, 3.05) is 9.80 Å². The maximum atomic E-state index is 2.65. The molecule has 0 atom stereocenters. The molecular weight excluding hydrogens is 832 g/mol. The van der Waals surface area contributed by atoms with Gasteiger partial charge in [0.25, 0.3) is 6.71 Å². The summed E-state index contributed by atoms with van der Waals surface area (Å²) < 4.78 is 0. The molecule has 0 spiro atoms. The van der Waals surface area contributed by atoms with Gasteiger partial charge in [0.1, 0.15) is 0 Å². The van der Waals surface area contributed by atoms with Gasteiger partial charge in [-0.05, 0) is 153 Å². The van der Waals surface area contributed by atoms with Crippen LogP contribution in [0.1, 0.15) is 105 Å². The molecule has 0 saturated carbocycles. The monoisotopic (exact) mass is 897 g/mol. The molecule has 2 aliphatic rings. The molecule has 342 valence electrons. The molecule has 0 amide bonds. The van der Waals surface area contributed by atoms with Crippen LogP contribution in [-0.4, -0.2) is 6.71 Å². The van der Waals surface area contributed by atoms with E-state index in [1.54, 1.807) is 0 Å². The van der Waals surface area contributed by atoms with Crippen LogP contribution < -0.4 is 26.2 Å². The van der Waals surface area contributed by atoms with E-state index in [9.17, 15) is 0 Å². The van der Waals surface area contributed by atoms with E-state index in [1.807, 2.05) is 0 Å². The average Bonchev–Trinajstić information content (AvgIpc) is 3.32. The molecule has 0 aliphatic carbocycles. The Hall–Kier alpha value is -6.84. The summed E-state index contributed by atoms with van der Waals surface area (Å²) in [7, 11) is 0. The van der Waals surface area contributed by atoms with Crippen molar-refractivity contribution in [1.29, 1.82) is 0 Å². The van der Waals surface area contributed by atoms with Crippen LogP contribution in [-0.2, 0) is 21.7 Å². The molecule has 0 bridgehead atoms. The fraction of sp³-hybridized carbons (Fsp3) is 0.242. The van der Waals surface area contributed by atoms with Crippen molar-refractivity contribution in [2.45, 2.75) is 105 Å². The van der Waals surface area contributed by atoms with Gasteiger partial charge in [0.05, 0.1) is 0 Å². The Morgan fingerprint density at radius 2 is 0.667 bits per heavy atom. The minimum Gasteiger partial charge on any atom is -0.311 e. The highest BCUT2D eigenvalue weighted by atomic mass is 15.2. The Morgan fingerprint density at radius 3 is 1.07 bits per heavy atom. The molecule has 9 aromatic carbocycles. The van der Waals surface area contributed by atoms with Gasteiger partial charge in [0, 0.05) is 34.1 Å². The number of hydrogen-bond donors (Lipinski definition) is 0. The summed E-state index contributed by atoms with van der Waals surface area (Å²) in [5.41, 5.74) is 21.2. The van der Waals surface area contributed by atoms with Crippen LogP contribution >= 0.6 is 0 Å². The third kappa shape index (κ3) is 7.57. The molecule has 0 radical (unpaired) electrons. The summed E-state index contributed by atoms with van der Waals surface area (Å²) in [6.45, 7) is 28.2. The Balaban J connectivity index is 1.35. The van der Waals surface area contributed by atoms with Crippen LogP contribution in [0.2, 0.25) is 0 Å². The van der Waals surface area contributed by atoms with Gasteiger partial charge in [-0.25, -0.2) is 0 Å². The first kappa shape index (κ1) is 44.7. The fourth-order valence-corrected chi connectivity index (χ4v) is 11.1. The molecule has 0 aromatic heterocycles. The average molecular weight is 897 g/mol. The summed E-state index contributed by atoms with van der Waals surface area (Å²) >= 11 is 0. The summed E-state index contributed by atoms with van der Waals surface area (Å²) in [6.07, 6.45) is 0. The number of nitrogens with zero attached hydrogens (tertiary/aromatic N) is 2. The number of hydrogen-bond acceptors (Lipinski definition) is 2. The molecule has 0 unspecified atom stereocenters. The zero-order chi connectivity index (χ0) is 48.4. The van der Waals surface area contributed by atoms with Crippen molar-refractivity contribution in [3.63, 3.8) is 0 Å². The zero-order valence-corrected chi connectivity index (χ0v) is 42.7. The molecule has 0 N–H and O–H groups in total. The quantitative estimate of drug-likeness (QED) is 0.162. The molecule has 2 aliphatic heterocycles. The number of anilines is 6. The highest BCUT2D eigenvalue weighted by Crippen LogP contribution is 2.50. The van der Waals surface area contributed by atoms with Crippen LogP contribution in [0.5, 0.6) is 0 Å². The van der Waals surface area contributed by atoms with Crippen molar-refractivity contribution in [3.8, 4) is 22.3 Å². The third-order valence-electron chi connectivity index (χ3n) is 15.0. The van der Waals surface area contributed by atoms with Crippen molar-refractivity contribution in [2.24, 2.45) is 0 Å². The van der Waals surface area contributed by atoms with E-state index in [0.717, 1.165) is 0 Å². The first-order valence-corrected chi connectivity index (χ1v) is 25.0. The molecule has 0 saturated heterocycles. The number of benzene rings is 9. The summed E-state index contributed by atoms with van der Waals surface area (Å²) in [5, 5.41) is 5.09. The van der Waals surface area contributed by atoms with Gasteiger partial charge in [-0.1, -0.05) is 210 Å². The molecule has 2 nitrogen and oxygen atoms in total. The molecule has 2 heterocycles.